The van der Waals surface area contributed by atoms with E-state index >= 15 is 0 Å². The smallest absolute Gasteiger partial charge is 0.251 e. The predicted molar refractivity (Wildman–Crippen MR) is 56.2 cm³/mol. The number of aromatic amines is 1. The van der Waals surface area contributed by atoms with E-state index in [2.05, 4.69) is 10.1 Å². The molecule has 0 bridgehead atoms. The molecule has 1 N–H and O–H groups in total. The minimum Gasteiger partial charge on any atom is -0.361 e. The first kappa shape index (κ1) is 9.85. The highest BCUT2D eigenvalue weighted by Crippen LogP contribution is 2.03. The van der Waals surface area contributed by atoms with Gasteiger partial charge in [-0.3, -0.25) is 9.78 Å². The normalized spacial score (nSPS) is 10.5. The highest BCUT2D eigenvalue weighted by Gasteiger charge is 2.01. The number of nitrogens with one attached hydrogen (secondary N) is 1. The Morgan fingerprint density at radius 2 is 2.47 bits per heavy atom. The monoisotopic (exact) mass is 223 g/mol. The van der Waals surface area contributed by atoms with Crippen LogP contribution in [-0.2, 0) is 6.54 Å². The molecule has 6 heteroatoms. The average Bonchev–Trinajstić information content (AvgIpc) is 2.56. The van der Waals surface area contributed by atoms with Gasteiger partial charge in [0.2, 0.25) is 0 Å². The first-order valence-electron chi connectivity index (χ1n) is 4.37. The lowest BCUT2D eigenvalue weighted by molar-refractivity contribution is 0.388. The van der Waals surface area contributed by atoms with Gasteiger partial charge < -0.3 is 9.09 Å². The van der Waals surface area contributed by atoms with E-state index in [1.165, 1.54) is 6.07 Å². The lowest BCUT2D eigenvalue weighted by Crippen LogP contribution is -2.11. The maximum Gasteiger partial charge on any atom is 0.251 e. The summed E-state index contributed by atoms with van der Waals surface area (Å²) >= 11 is 4.99. The fraction of sp³-hybridized carbons (Fsp3) is 0.222. The number of hydrogen-bond donors (Lipinski definition) is 1. The van der Waals surface area contributed by atoms with Crippen molar-refractivity contribution in [2.24, 2.45) is 0 Å². The van der Waals surface area contributed by atoms with Crippen LogP contribution in [-0.4, -0.2) is 14.7 Å². The largest absolute Gasteiger partial charge is 0.361 e. The first-order chi connectivity index (χ1) is 7.15. The van der Waals surface area contributed by atoms with Gasteiger partial charge in [0.25, 0.3) is 5.56 Å². The van der Waals surface area contributed by atoms with Crippen LogP contribution in [0, 0.1) is 11.7 Å². The molecule has 2 heterocycles. The summed E-state index contributed by atoms with van der Waals surface area (Å²) in [6.45, 7) is 2.32. The zero-order valence-corrected chi connectivity index (χ0v) is 8.87. The molecule has 0 aliphatic heterocycles. The number of hydrogen-bond acceptors (Lipinski definition) is 4. The Kier molecular flexibility index (Phi) is 2.51. The molecule has 0 saturated heterocycles. The van der Waals surface area contributed by atoms with Gasteiger partial charge in [0.05, 0.1) is 6.54 Å². The minimum atomic E-state index is -0.201. The van der Waals surface area contributed by atoms with E-state index in [0.717, 1.165) is 11.5 Å². The van der Waals surface area contributed by atoms with E-state index in [4.69, 9.17) is 16.7 Å². The topological polar surface area (TPSA) is 63.8 Å². The second-order valence-corrected chi connectivity index (χ2v) is 3.55. The van der Waals surface area contributed by atoms with Crippen LogP contribution in [0.25, 0.3) is 0 Å². The second kappa shape index (κ2) is 3.82. The zero-order valence-electron chi connectivity index (χ0n) is 8.06. The lowest BCUT2D eigenvalue weighted by atomic mass is 10.4. The van der Waals surface area contributed by atoms with Crippen LogP contribution in [0.1, 0.15) is 11.5 Å². The quantitative estimate of drug-likeness (QED) is 0.778. The van der Waals surface area contributed by atoms with Crippen molar-refractivity contribution in [2.45, 2.75) is 13.5 Å². The van der Waals surface area contributed by atoms with Gasteiger partial charge in [0, 0.05) is 18.3 Å². The standard InChI is InChI=1S/C9H9N3O2S/c1-6-4-7(11-14-6)5-12-3-2-8(13)10-9(12)15/h2-4H,5H2,1H3,(H,10,13,15). The van der Waals surface area contributed by atoms with E-state index in [1.54, 1.807) is 10.8 Å². The molecule has 0 aromatic carbocycles. The number of rotatable bonds is 2. The Morgan fingerprint density at radius 3 is 3.07 bits per heavy atom. The van der Waals surface area contributed by atoms with Gasteiger partial charge in [0.1, 0.15) is 11.5 Å². The molecule has 0 aliphatic rings. The number of aryl methyl sites for hydroxylation is 1. The first-order valence-corrected chi connectivity index (χ1v) is 4.78. The fourth-order valence-electron chi connectivity index (χ4n) is 1.24. The molecule has 15 heavy (non-hydrogen) atoms. The molecule has 2 aromatic rings. The molecule has 5 nitrogen and oxygen atoms in total. The summed E-state index contributed by atoms with van der Waals surface area (Å²) in [5.74, 6) is 0.751. The summed E-state index contributed by atoms with van der Waals surface area (Å²) < 4.78 is 7.03. The van der Waals surface area contributed by atoms with Crippen molar-refractivity contribution >= 4 is 12.2 Å². The third kappa shape index (κ3) is 2.21. The maximum absolute atomic E-state index is 10.9. The van der Waals surface area contributed by atoms with E-state index in [1.807, 2.05) is 13.0 Å². The van der Waals surface area contributed by atoms with Crippen LogP contribution in [0.4, 0.5) is 0 Å². The average molecular weight is 223 g/mol. The molecule has 0 fully saturated rings. The fourth-order valence-corrected chi connectivity index (χ4v) is 1.46. The summed E-state index contributed by atoms with van der Waals surface area (Å²) in [5, 5.41) is 3.84. The number of H-pyrrole nitrogens is 1. The number of nitrogens with zero attached hydrogens (tertiary/aromatic N) is 2. The van der Waals surface area contributed by atoms with Crippen LogP contribution in [0.5, 0.6) is 0 Å². The Hall–Kier alpha value is -1.69. The molecule has 2 rings (SSSR count). The van der Waals surface area contributed by atoms with Gasteiger partial charge in [-0.2, -0.15) is 0 Å². The van der Waals surface area contributed by atoms with Gasteiger partial charge in [-0.25, -0.2) is 0 Å². The number of aromatic nitrogens is 3. The second-order valence-electron chi connectivity index (χ2n) is 3.17. The molecule has 0 saturated carbocycles. The SMILES string of the molecule is Cc1cc(Cn2ccc(=O)[nH]c2=S)no1. The van der Waals surface area contributed by atoms with Crippen molar-refractivity contribution in [3.8, 4) is 0 Å². The van der Waals surface area contributed by atoms with Gasteiger partial charge >= 0.3 is 0 Å². The van der Waals surface area contributed by atoms with E-state index in [9.17, 15) is 4.79 Å². The molecular formula is C9H9N3O2S. The van der Waals surface area contributed by atoms with E-state index < -0.39 is 0 Å². The summed E-state index contributed by atoms with van der Waals surface area (Å²) in [4.78, 5) is 13.5. The maximum atomic E-state index is 10.9. The van der Waals surface area contributed by atoms with Gasteiger partial charge in [0.15, 0.2) is 4.77 Å². The predicted octanol–water partition coefficient (Wildman–Crippen LogP) is 1.25. The summed E-state index contributed by atoms with van der Waals surface area (Å²) in [7, 11) is 0. The van der Waals surface area contributed by atoms with Crippen molar-refractivity contribution in [3.63, 3.8) is 0 Å². The molecule has 0 unspecified atom stereocenters. The third-order valence-electron chi connectivity index (χ3n) is 1.91. The van der Waals surface area contributed by atoms with E-state index in [-0.39, 0.29) is 5.56 Å². The van der Waals surface area contributed by atoms with Crippen molar-refractivity contribution in [1.82, 2.24) is 14.7 Å². The summed E-state index contributed by atoms with van der Waals surface area (Å²) in [6, 6.07) is 3.25. The Bertz CT molecular complexity index is 581. The van der Waals surface area contributed by atoms with Crippen LogP contribution in [0.15, 0.2) is 27.6 Å². The Labute approximate surface area is 90.4 Å². The Morgan fingerprint density at radius 1 is 1.67 bits per heavy atom. The molecule has 78 valence electrons. The van der Waals surface area contributed by atoms with Gasteiger partial charge in [-0.15, -0.1) is 0 Å². The van der Waals surface area contributed by atoms with Crippen molar-refractivity contribution in [1.29, 1.82) is 0 Å². The Balaban J connectivity index is 2.32. The van der Waals surface area contributed by atoms with Crippen LogP contribution >= 0.6 is 12.2 Å². The molecule has 0 radical (unpaired) electrons. The molecule has 0 amide bonds. The lowest BCUT2D eigenvalue weighted by Gasteiger charge is -2.01. The molecule has 0 spiro atoms. The molecular weight excluding hydrogens is 214 g/mol. The van der Waals surface area contributed by atoms with E-state index in [0.29, 0.717) is 11.3 Å². The summed E-state index contributed by atoms with van der Waals surface area (Å²) in [5.41, 5.74) is 0.572. The van der Waals surface area contributed by atoms with Crippen molar-refractivity contribution in [3.05, 3.63) is 44.9 Å². The summed E-state index contributed by atoms with van der Waals surface area (Å²) in [6.07, 6.45) is 1.63. The zero-order chi connectivity index (χ0) is 10.8. The minimum absolute atomic E-state index is 0.201. The van der Waals surface area contributed by atoms with Crippen LogP contribution in [0.3, 0.4) is 0 Å². The van der Waals surface area contributed by atoms with Gasteiger partial charge in [-0.1, -0.05) is 5.16 Å². The van der Waals surface area contributed by atoms with Crippen molar-refractivity contribution in [2.75, 3.05) is 0 Å². The highest BCUT2D eigenvalue weighted by atomic mass is 32.1. The highest BCUT2D eigenvalue weighted by molar-refractivity contribution is 7.71. The molecule has 2 aromatic heterocycles. The van der Waals surface area contributed by atoms with Gasteiger partial charge in [-0.05, 0) is 19.1 Å². The third-order valence-corrected chi connectivity index (χ3v) is 2.24. The molecule has 0 aliphatic carbocycles. The molecule has 0 atom stereocenters. The van der Waals surface area contributed by atoms with Crippen molar-refractivity contribution < 1.29 is 4.52 Å². The van der Waals surface area contributed by atoms with Crippen LogP contribution in [0.2, 0.25) is 0 Å². The van der Waals surface area contributed by atoms with Crippen LogP contribution < -0.4 is 5.56 Å².